The van der Waals surface area contributed by atoms with Crippen molar-refractivity contribution < 1.29 is 10.2 Å². The minimum Gasteiger partial charge on any atom is -0.507 e. The van der Waals surface area contributed by atoms with Gasteiger partial charge in [0.25, 0.3) is 0 Å². The number of aliphatic hydroxyl groups is 1. The molecule has 2 unspecified atom stereocenters. The molecule has 158 valence electrons. The lowest BCUT2D eigenvalue weighted by atomic mass is 9.92. The third-order valence-corrected chi connectivity index (χ3v) is 8.08. The van der Waals surface area contributed by atoms with Crippen molar-refractivity contribution in [2.24, 2.45) is 0 Å². The van der Waals surface area contributed by atoms with Crippen molar-refractivity contribution in [1.29, 1.82) is 0 Å². The predicted octanol–water partition coefficient (Wildman–Crippen LogP) is 6.15. The first-order valence-corrected chi connectivity index (χ1v) is 11.6. The summed E-state index contributed by atoms with van der Waals surface area (Å²) in [4.78, 5) is 0. The molecule has 2 N–H and O–H groups in total. The average molecular weight is 421 g/mol. The molecular weight excluding hydrogens is 387 g/mol. The molecule has 0 aliphatic rings. The summed E-state index contributed by atoms with van der Waals surface area (Å²) >= 11 is 0. The van der Waals surface area contributed by atoms with E-state index < -0.39 is 5.60 Å². The molecule has 0 aliphatic carbocycles. The van der Waals surface area contributed by atoms with Crippen LogP contribution in [0.2, 0.25) is 0 Å². The van der Waals surface area contributed by atoms with Gasteiger partial charge in [0.2, 0.25) is 0 Å². The fourth-order valence-electron chi connectivity index (χ4n) is 3.96. The van der Waals surface area contributed by atoms with E-state index in [0.717, 1.165) is 23.1 Å². The summed E-state index contributed by atoms with van der Waals surface area (Å²) in [6.07, 6.45) is 1.61. The van der Waals surface area contributed by atoms with Crippen LogP contribution in [-0.2, 0) is 17.2 Å². The molecule has 0 spiro atoms. The zero-order chi connectivity index (χ0) is 21.9. The summed E-state index contributed by atoms with van der Waals surface area (Å²) in [7, 11) is 0.438. The van der Waals surface area contributed by atoms with Crippen molar-refractivity contribution in [3.8, 4) is 5.75 Å². The lowest BCUT2D eigenvalue weighted by Crippen LogP contribution is -2.28. The van der Waals surface area contributed by atoms with E-state index >= 15 is 0 Å². The molecule has 0 bridgehead atoms. The van der Waals surface area contributed by atoms with Crippen LogP contribution in [0.1, 0.15) is 61.9 Å². The van der Waals surface area contributed by atoms with Gasteiger partial charge in [-0.15, -0.1) is 0 Å². The zero-order valence-electron chi connectivity index (χ0n) is 18.7. The number of para-hydroxylation sites is 1. The number of phenolic OH excluding ortho intramolecular Hbond substituents is 1. The van der Waals surface area contributed by atoms with Gasteiger partial charge in [-0.2, -0.15) is 0 Å². The van der Waals surface area contributed by atoms with Gasteiger partial charge in [0, 0.05) is 17.1 Å². The molecule has 3 aromatic rings. The number of benzene rings is 3. The van der Waals surface area contributed by atoms with E-state index in [4.69, 9.17) is 0 Å². The van der Waals surface area contributed by atoms with Crippen LogP contribution in [0.5, 0.6) is 5.75 Å². The number of hydrogen-bond donors (Lipinski definition) is 2. The van der Waals surface area contributed by atoms with Crippen molar-refractivity contribution in [3.05, 3.63) is 94.5 Å². The topological polar surface area (TPSA) is 40.5 Å². The van der Waals surface area contributed by atoms with Gasteiger partial charge in [0.05, 0.1) is 5.60 Å². The average Bonchev–Trinajstić information content (AvgIpc) is 2.71. The fraction of sp³-hybridized carbons (Fsp3) is 0.333. The van der Waals surface area contributed by atoms with Crippen LogP contribution in [0.4, 0.5) is 0 Å². The Labute approximate surface area is 182 Å². The van der Waals surface area contributed by atoms with Crippen LogP contribution in [0.3, 0.4) is 0 Å². The normalized spacial score (nSPS) is 14.2. The van der Waals surface area contributed by atoms with Gasteiger partial charge in [-0.05, 0) is 54.8 Å². The Kier molecular flexibility index (Phi) is 6.70. The highest BCUT2D eigenvalue weighted by molar-refractivity contribution is 7.48. The second-order valence-corrected chi connectivity index (χ2v) is 10.7. The summed E-state index contributed by atoms with van der Waals surface area (Å²) in [5.74, 6) is 0.400. The summed E-state index contributed by atoms with van der Waals surface area (Å²) < 4.78 is 0. The molecule has 30 heavy (non-hydrogen) atoms. The monoisotopic (exact) mass is 420 g/mol. The lowest BCUT2D eigenvalue weighted by Gasteiger charge is -2.33. The van der Waals surface area contributed by atoms with E-state index in [1.807, 2.05) is 50.2 Å². The van der Waals surface area contributed by atoms with Crippen LogP contribution in [0.25, 0.3) is 0 Å². The highest BCUT2D eigenvalue weighted by Gasteiger charge is 2.32. The minimum atomic E-state index is -0.903. The number of rotatable bonds is 7. The van der Waals surface area contributed by atoms with Gasteiger partial charge in [-0.1, -0.05) is 89.2 Å². The molecular formula is C27H33O2P. The molecule has 3 rings (SSSR count). The first-order chi connectivity index (χ1) is 14.2. The van der Waals surface area contributed by atoms with Crippen LogP contribution in [0, 0.1) is 6.92 Å². The molecule has 2 nitrogen and oxygen atoms in total. The summed E-state index contributed by atoms with van der Waals surface area (Å²) in [5, 5.41) is 23.0. The minimum absolute atomic E-state index is 0.219. The number of aromatic hydroxyl groups is 1. The molecule has 0 fully saturated rings. The second kappa shape index (κ2) is 8.92. The summed E-state index contributed by atoms with van der Waals surface area (Å²) in [5.41, 5.74) is 4.39. The molecule has 0 aliphatic heterocycles. The van der Waals surface area contributed by atoms with Gasteiger partial charge < -0.3 is 10.2 Å². The van der Waals surface area contributed by atoms with Crippen molar-refractivity contribution in [2.45, 2.75) is 58.2 Å². The Bertz CT molecular complexity index is 1010. The van der Waals surface area contributed by atoms with E-state index in [1.165, 1.54) is 16.4 Å². The molecule has 0 saturated carbocycles. The molecule has 0 radical (unpaired) electrons. The highest BCUT2D eigenvalue weighted by Crippen LogP contribution is 2.49. The van der Waals surface area contributed by atoms with Crippen LogP contribution >= 0.6 is 8.58 Å². The maximum atomic E-state index is 11.2. The Hall–Kier alpha value is -2.15. The van der Waals surface area contributed by atoms with Crippen molar-refractivity contribution >= 4 is 13.9 Å². The van der Waals surface area contributed by atoms with Gasteiger partial charge >= 0.3 is 0 Å². The quantitative estimate of drug-likeness (QED) is 0.450. The van der Waals surface area contributed by atoms with Gasteiger partial charge in [-0.25, -0.2) is 0 Å². The van der Waals surface area contributed by atoms with E-state index in [-0.39, 0.29) is 5.16 Å². The predicted molar refractivity (Wildman–Crippen MR) is 129 cm³/mol. The molecule has 2 atom stereocenters. The van der Waals surface area contributed by atoms with Gasteiger partial charge in [-0.3, -0.25) is 0 Å². The highest BCUT2D eigenvalue weighted by atomic mass is 31.1. The van der Waals surface area contributed by atoms with Gasteiger partial charge in [0.1, 0.15) is 5.75 Å². The van der Waals surface area contributed by atoms with E-state index in [0.29, 0.717) is 20.8 Å². The Morgan fingerprint density at radius 1 is 0.833 bits per heavy atom. The summed E-state index contributed by atoms with van der Waals surface area (Å²) in [6.45, 7) is 10.2. The molecule has 0 amide bonds. The van der Waals surface area contributed by atoms with Crippen LogP contribution in [-0.4, -0.2) is 10.2 Å². The molecule has 0 saturated heterocycles. The first kappa shape index (κ1) is 22.5. The smallest absolute Gasteiger partial charge is 0.123 e. The van der Waals surface area contributed by atoms with E-state index in [2.05, 4.69) is 51.1 Å². The molecule has 0 aromatic heterocycles. The van der Waals surface area contributed by atoms with E-state index in [9.17, 15) is 10.2 Å². The Balaban J connectivity index is 2.03. The Morgan fingerprint density at radius 3 is 2.10 bits per heavy atom. The second-order valence-electron chi connectivity index (χ2n) is 8.84. The van der Waals surface area contributed by atoms with Crippen LogP contribution in [0.15, 0.2) is 66.7 Å². The largest absolute Gasteiger partial charge is 0.507 e. The van der Waals surface area contributed by atoms with Crippen molar-refractivity contribution in [1.82, 2.24) is 0 Å². The van der Waals surface area contributed by atoms with Crippen LogP contribution < -0.4 is 5.30 Å². The fourth-order valence-corrected chi connectivity index (χ4v) is 5.83. The molecule has 3 heteroatoms. The molecule has 3 aromatic carbocycles. The third kappa shape index (κ3) is 4.77. The standard InChI is InChI=1S/C27H33O2P/c1-6-27(5,30-25-19(2)12-10-17-23(25)26(3,4)29)22-16-11-15-21(24(22)28)18-20-13-8-7-9-14-20/h7-17,28-30H,6,18H2,1-5H3. The Morgan fingerprint density at radius 2 is 1.47 bits per heavy atom. The van der Waals surface area contributed by atoms with Crippen molar-refractivity contribution in [3.63, 3.8) is 0 Å². The zero-order valence-corrected chi connectivity index (χ0v) is 19.7. The first-order valence-electron chi connectivity index (χ1n) is 10.6. The van der Waals surface area contributed by atoms with Crippen molar-refractivity contribution in [2.75, 3.05) is 0 Å². The lowest BCUT2D eigenvalue weighted by molar-refractivity contribution is 0.0796. The third-order valence-electron chi connectivity index (χ3n) is 5.99. The maximum Gasteiger partial charge on any atom is 0.123 e. The number of hydrogen-bond acceptors (Lipinski definition) is 2. The van der Waals surface area contributed by atoms with E-state index in [1.54, 1.807) is 0 Å². The maximum absolute atomic E-state index is 11.2. The summed E-state index contributed by atoms with van der Waals surface area (Å²) in [6, 6.07) is 22.5. The van der Waals surface area contributed by atoms with Gasteiger partial charge in [0.15, 0.2) is 0 Å². The molecule has 0 heterocycles. The SMILES string of the molecule is CCC(C)(Pc1c(C)cccc1C(C)(C)O)c1cccc(Cc2ccccc2)c1O. The number of phenols is 1. The number of aryl methyl sites for hydroxylation is 1.